The van der Waals surface area contributed by atoms with Gasteiger partial charge in [-0.2, -0.15) is 0 Å². The SMILES string of the molecule is C/C=c1/cc2c(c/c1=C/CC)OS1(O2)Oc2cc3ccccc3cc2O1.CO. The second-order valence-corrected chi connectivity index (χ2v) is 7.70. The standard InChI is InChI=1S/C21H18O4S.CH4O/c1-3-7-15-11-19-18(10-14(15)4-2)22-26(23-19)24-20-12-16-8-5-6-9-17(16)13-21(20)25-26;1-2/h4-13H,3H2,1-2H3;2H,1H3/b14-4-,15-7-;. The van der Waals surface area contributed by atoms with Crippen LogP contribution in [0.4, 0.5) is 0 Å². The number of aliphatic hydroxyl groups excluding tert-OH is 1. The number of benzene rings is 3. The number of hydrogen-bond acceptors (Lipinski definition) is 5. The van der Waals surface area contributed by atoms with Crippen molar-refractivity contribution in [1.29, 1.82) is 0 Å². The molecule has 0 radical (unpaired) electrons. The lowest BCUT2D eigenvalue weighted by molar-refractivity contribution is 0.382. The molecule has 0 aromatic heterocycles. The minimum absolute atomic E-state index is 0.647. The molecule has 0 fully saturated rings. The third-order valence-electron chi connectivity index (χ3n) is 4.46. The van der Waals surface area contributed by atoms with Gasteiger partial charge in [0.15, 0.2) is 23.0 Å². The first-order valence-corrected chi connectivity index (χ1v) is 10.4. The van der Waals surface area contributed by atoms with E-state index in [9.17, 15) is 0 Å². The third-order valence-corrected chi connectivity index (χ3v) is 6.00. The summed E-state index contributed by atoms with van der Waals surface area (Å²) >= 11 is -2.61. The van der Waals surface area contributed by atoms with Crippen LogP contribution in [-0.2, 0) is 0 Å². The van der Waals surface area contributed by atoms with E-state index in [4.69, 9.17) is 21.8 Å². The van der Waals surface area contributed by atoms with E-state index in [1.807, 2.05) is 55.5 Å². The van der Waals surface area contributed by atoms with Crippen LogP contribution >= 0.6 is 11.2 Å². The average molecular weight is 398 g/mol. The molecule has 2 heterocycles. The molecule has 6 heteroatoms. The smallest absolute Gasteiger partial charge is 0.400 e. The Labute approximate surface area is 165 Å². The van der Waals surface area contributed by atoms with Crippen LogP contribution in [0.1, 0.15) is 20.3 Å². The van der Waals surface area contributed by atoms with Gasteiger partial charge in [0.1, 0.15) is 0 Å². The monoisotopic (exact) mass is 398 g/mol. The first kappa shape index (κ1) is 18.5. The van der Waals surface area contributed by atoms with E-state index in [1.54, 1.807) is 0 Å². The summed E-state index contributed by atoms with van der Waals surface area (Å²) in [5.41, 5.74) is 0. The summed E-state index contributed by atoms with van der Waals surface area (Å²) in [7, 11) is 1.00. The lowest BCUT2D eigenvalue weighted by Gasteiger charge is -2.21. The maximum atomic E-state index is 7.00. The summed E-state index contributed by atoms with van der Waals surface area (Å²) in [6.07, 6.45) is 5.17. The van der Waals surface area contributed by atoms with E-state index in [1.165, 1.54) is 0 Å². The zero-order valence-corrected chi connectivity index (χ0v) is 16.8. The van der Waals surface area contributed by atoms with E-state index in [0.717, 1.165) is 34.7 Å². The van der Waals surface area contributed by atoms with Gasteiger partial charge in [-0.05, 0) is 58.8 Å². The van der Waals surface area contributed by atoms with Gasteiger partial charge < -0.3 is 21.8 Å². The topological polar surface area (TPSA) is 57.2 Å². The maximum absolute atomic E-state index is 7.00. The van der Waals surface area contributed by atoms with Gasteiger partial charge in [0, 0.05) is 7.11 Å². The van der Waals surface area contributed by atoms with E-state index in [2.05, 4.69) is 19.1 Å². The summed E-state index contributed by atoms with van der Waals surface area (Å²) in [6, 6.07) is 16.0. The van der Waals surface area contributed by atoms with E-state index in [-0.39, 0.29) is 0 Å². The highest BCUT2D eigenvalue weighted by molar-refractivity contribution is 8.19. The fraction of sp³-hybridized carbons (Fsp3) is 0.182. The fourth-order valence-electron chi connectivity index (χ4n) is 3.24. The van der Waals surface area contributed by atoms with Crippen LogP contribution < -0.4 is 27.2 Å². The molecule has 2 aliphatic heterocycles. The molecule has 3 aromatic rings. The van der Waals surface area contributed by atoms with Crippen molar-refractivity contribution in [2.75, 3.05) is 7.11 Å². The van der Waals surface area contributed by atoms with Gasteiger partial charge in [-0.3, -0.25) is 0 Å². The van der Waals surface area contributed by atoms with Crippen LogP contribution in [0.5, 0.6) is 23.0 Å². The van der Waals surface area contributed by atoms with Crippen LogP contribution in [0.3, 0.4) is 0 Å². The van der Waals surface area contributed by atoms with Gasteiger partial charge in [0.25, 0.3) is 0 Å². The number of rotatable bonds is 1. The van der Waals surface area contributed by atoms with Crippen molar-refractivity contribution in [3.63, 3.8) is 0 Å². The molecular weight excluding hydrogens is 376 g/mol. The van der Waals surface area contributed by atoms with Gasteiger partial charge in [0.05, 0.1) is 0 Å². The van der Waals surface area contributed by atoms with Crippen LogP contribution in [0, 0.1) is 0 Å². The number of fused-ring (bicyclic) bond motifs is 3. The van der Waals surface area contributed by atoms with Crippen molar-refractivity contribution in [1.82, 2.24) is 0 Å². The zero-order valence-electron chi connectivity index (χ0n) is 16.0. The molecule has 0 saturated carbocycles. The van der Waals surface area contributed by atoms with Crippen molar-refractivity contribution in [2.24, 2.45) is 0 Å². The summed E-state index contributed by atoms with van der Waals surface area (Å²) < 4.78 is 24.1. The van der Waals surface area contributed by atoms with Crippen molar-refractivity contribution < 1.29 is 21.8 Å². The van der Waals surface area contributed by atoms with Crippen molar-refractivity contribution in [3.8, 4) is 23.0 Å². The number of aliphatic hydroxyl groups is 1. The van der Waals surface area contributed by atoms with E-state index >= 15 is 0 Å². The van der Waals surface area contributed by atoms with Gasteiger partial charge in [0.2, 0.25) is 0 Å². The highest BCUT2D eigenvalue weighted by Gasteiger charge is 2.49. The first-order valence-electron chi connectivity index (χ1n) is 9.09. The van der Waals surface area contributed by atoms with Gasteiger partial charge in [-0.1, -0.05) is 43.3 Å². The second-order valence-electron chi connectivity index (χ2n) is 6.22. The predicted octanol–water partition coefficient (Wildman–Crippen LogP) is 4.15. The second kappa shape index (κ2) is 7.30. The molecule has 5 nitrogen and oxygen atoms in total. The molecule has 5 rings (SSSR count). The Hall–Kier alpha value is -2.83. The maximum Gasteiger partial charge on any atom is 0.429 e. The largest absolute Gasteiger partial charge is 0.429 e. The van der Waals surface area contributed by atoms with Crippen LogP contribution in [0.25, 0.3) is 22.9 Å². The molecule has 146 valence electrons. The van der Waals surface area contributed by atoms with E-state index in [0.29, 0.717) is 23.0 Å². The normalized spacial score (nSPS) is 17.6. The number of hydrogen-bond donors (Lipinski definition) is 1. The zero-order chi connectivity index (χ0) is 19.7. The minimum atomic E-state index is -2.61. The molecule has 0 atom stereocenters. The molecule has 1 N–H and O–H groups in total. The Morgan fingerprint density at radius 1 is 0.786 bits per heavy atom. The van der Waals surface area contributed by atoms with Crippen molar-refractivity contribution >= 4 is 34.1 Å². The Morgan fingerprint density at radius 2 is 1.25 bits per heavy atom. The predicted molar refractivity (Wildman–Crippen MR) is 113 cm³/mol. The molecule has 0 saturated heterocycles. The molecule has 3 aromatic carbocycles. The molecular formula is C22H22O5S. The van der Waals surface area contributed by atoms with Crippen molar-refractivity contribution in [3.05, 3.63) is 59.0 Å². The molecule has 0 bridgehead atoms. The molecule has 28 heavy (non-hydrogen) atoms. The van der Waals surface area contributed by atoms with Gasteiger partial charge in [-0.25, -0.2) is 0 Å². The minimum Gasteiger partial charge on any atom is -0.400 e. The fourth-order valence-corrected chi connectivity index (χ4v) is 4.84. The Kier molecular flexibility index (Phi) is 4.83. The summed E-state index contributed by atoms with van der Waals surface area (Å²) in [4.78, 5) is 0. The third kappa shape index (κ3) is 3.04. The van der Waals surface area contributed by atoms with Gasteiger partial charge >= 0.3 is 11.2 Å². The quantitative estimate of drug-likeness (QED) is 0.667. The molecule has 2 aliphatic rings. The lowest BCUT2D eigenvalue weighted by atomic mass is 10.1. The summed E-state index contributed by atoms with van der Waals surface area (Å²) in [5, 5.41) is 11.4. The van der Waals surface area contributed by atoms with Crippen LogP contribution in [0.2, 0.25) is 0 Å². The lowest BCUT2D eigenvalue weighted by Crippen LogP contribution is -2.23. The van der Waals surface area contributed by atoms with Crippen LogP contribution in [0.15, 0.2) is 48.5 Å². The Morgan fingerprint density at radius 3 is 1.71 bits per heavy atom. The van der Waals surface area contributed by atoms with Gasteiger partial charge in [-0.15, -0.1) is 0 Å². The average Bonchev–Trinajstić information content (AvgIpc) is 3.24. The summed E-state index contributed by atoms with van der Waals surface area (Å²) in [6.45, 7) is 4.12. The van der Waals surface area contributed by atoms with E-state index < -0.39 is 11.2 Å². The molecule has 1 spiro atoms. The molecule has 0 unspecified atom stereocenters. The summed E-state index contributed by atoms with van der Waals surface area (Å²) in [5.74, 6) is 2.60. The highest BCUT2D eigenvalue weighted by atomic mass is 32.3. The first-order chi connectivity index (χ1) is 13.7. The van der Waals surface area contributed by atoms with Crippen molar-refractivity contribution in [2.45, 2.75) is 20.3 Å². The Bertz CT molecular complexity index is 1110. The highest BCUT2D eigenvalue weighted by Crippen LogP contribution is 2.65. The van der Waals surface area contributed by atoms with Crippen LogP contribution in [-0.4, -0.2) is 12.2 Å². The molecule has 0 amide bonds. The molecule has 0 aliphatic carbocycles. The Balaban J connectivity index is 0.000000932.